The zero-order chi connectivity index (χ0) is 18.6. The maximum Gasteiger partial charge on any atom is 0.237 e. The van der Waals surface area contributed by atoms with E-state index in [0.717, 1.165) is 30.7 Å². The molecule has 2 amide bonds. The van der Waals surface area contributed by atoms with Gasteiger partial charge >= 0.3 is 0 Å². The Balaban J connectivity index is 1.30. The molecule has 3 heterocycles. The molecule has 1 aliphatic heterocycles. The predicted molar refractivity (Wildman–Crippen MR) is 102 cm³/mol. The van der Waals surface area contributed by atoms with E-state index in [4.69, 9.17) is 0 Å². The number of fused-ring (bicyclic) bond motifs is 1. The first-order chi connectivity index (χ1) is 13.2. The van der Waals surface area contributed by atoms with Crippen LogP contribution in [0.3, 0.4) is 0 Å². The molecule has 0 aromatic carbocycles. The van der Waals surface area contributed by atoms with Gasteiger partial charge in [0.2, 0.25) is 11.8 Å². The Morgan fingerprint density at radius 3 is 2.96 bits per heavy atom. The molecule has 0 radical (unpaired) electrons. The van der Waals surface area contributed by atoms with Crippen LogP contribution in [0.1, 0.15) is 37.8 Å². The van der Waals surface area contributed by atoms with Crippen LogP contribution in [0.5, 0.6) is 0 Å². The topological polar surface area (TPSA) is 78.7 Å². The van der Waals surface area contributed by atoms with Crippen molar-refractivity contribution in [1.82, 2.24) is 24.9 Å². The van der Waals surface area contributed by atoms with Crippen molar-refractivity contribution in [1.29, 1.82) is 0 Å². The highest BCUT2D eigenvalue weighted by Gasteiger charge is 2.36. The first kappa shape index (κ1) is 18.0. The number of hydrogen-bond acceptors (Lipinski definition) is 4. The summed E-state index contributed by atoms with van der Waals surface area (Å²) in [5.41, 5.74) is 1.86. The number of rotatable bonds is 6. The van der Waals surface area contributed by atoms with Crippen LogP contribution < -0.4 is 10.6 Å². The van der Waals surface area contributed by atoms with E-state index < -0.39 is 0 Å². The fraction of sp³-hybridized carbons (Fsp3) is 0.550. The summed E-state index contributed by atoms with van der Waals surface area (Å²) >= 11 is 0. The van der Waals surface area contributed by atoms with E-state index in [1.54, 1.807) is 0 Å². The van der Waals surface area contributed by atoms with Gasteiger partial charge in [0.25, 0.3) is 0 Å². The molecule has 7 heteroatoms. The van der Waals surface area contributed by atoms with Crippen LogP contribution in [-0.2, 0) is 16.0 Å². The van der Waals surface area contributed by atoms with Gasteiger partial charge in [-0.2, -0.15) is 0 Å². The number of carbonyl (C=O) groups excluding carboxylic acids is 2. The fourth-order valence-corrected chi connectivity index (χ4v) is 4.30. The third kappa shape index (κ3) is 4.13. The van der Waals surface area contributed by atoms with Crippen molar-refractivity contribution in [3.63, 3.8) is 0 Å². The van der Waals surface area contributed by atoms with E-state index in [0.29, 0.717) is 25.6 Å². The second-order valence-electron chi connectivity index (χ2n) is 7.49. The zero-order valence-corrected chi connectivity index (χ0v) is 15.6. The maximum absolute atomic E-state index is 12.4. The third-order valence-corrected chi connectivity index (χ3v) is 5.66. The molecule has 1 saturated heterocycles. The molecule has 2 aromatic rings. The van der Waals surface area contributed by atoms with Crippen molar-refractivity contribution in [2.45, 2.75) is 50.6 Å². The molecule has 4 rings (SSSR count). The average Bonchev–Trinajstić information content (AvgIpc) is 3.32. The Morgan fingerprint density at radius 2 is 2.15 bits per heavy atom. The molecule has 2 N–H and O–H groups in total. The predicted octanol–water partition coefficient (Wildman–Crippen LogP) is 1.13. The lowest BCUT2D eigenvalue weighted by molar-refractivity contribution is -0.135. The number of hydrogen-bond donors (Lipinski definition) is 2. The van der Waals surface area contributed by atoms with Crippen LogP contribution in [0, 0.1) is 0 Å². The van der Waals surface area contributed by atoms with E-state index in [9.17, 15) is 9.59 Å². The van der Waals surface area contributed by atoms with Gasteiger partial charge in [-0.15, -0.1) is 0 Å². The third-order valence-electron chi connectivity index (χ3n) is 5.66. The number of aromatic nitrogens is 2. The van der Waals surface area contributed by atoms with Crippen molar-refractivity contribution in [3.05, 3.63) is 36.3 Å². The number of nitrogens with zero attached hydrogens (tertiary/aromatic N) is 3. The molecular weight excluding hydrogens is 342 g/mol. The SMILES string of the molecule is O=C(C[C@H]1C(=O)NCCN1C1CCCC1)NCCc1cn2ccccc2n1. The largest absolute Gasteiger partial charge is 0.356 e. The molecule has 0 bridgehead atoms. The first-order valence-corrected chi connectivity index (χ1v) is 9.93. The maximum atomic E-state index is 12.4. The van der Waals surface area contributed by atoms with E-state index in [-0.39, 0.29) is 24.3 Å². The van der Waals surface area contributed by atoms with E-state index >= 15 is 0 Å². The minimum absolute atomic E-state index is 0.0105. The summed E-state index contributed by atoms with van der Waals surface area (Å²) in [7, 11) is 0. The van der Waals surface area contributed by atoms with Crippen LogP contribution in [0.4, 0.5) is 0 Å². The fourth-order valence-electron chi connectivity index (χ4n) is 4.30. The summed E-state index contributed by atoms with van der Waals surface area (Å²) in [4.78, 5) is 31.6. The second-order valence-corrected chi connectivity index (χ2v) is 7.49. The number of imidazole rings is 1. The van der Waals surface area contributed by atoms with Gasteiger partial charge in [0.05, 0.1) is 18.2 Å². The van der Waals surface area contributed by atoms with Gasteiger partial charge in [-0.25, -0.2) is 4.98 Å². The summed E-state index contributed by atoms with van der Waals surface area (Å²) in [6.07, 6.45) is 9.58. The van der Waals surface area contributed by atoms with Gasteiger partial charge < -0.3 is 15.0 Å². The second kappa shape index (κ2) is 8.08. The monoisotopic (exact) mass is 369 g/mol. The Hall–Kier alpha value is -2.41. The lowest BCUT2D eigenvalue weighted by atomic mass is 10.0. The first-order valence-electron chi connectivity index (χ1n) is 9.93. The zero-order valence-electron chi connectivity index (χ0n) is 15.6. The summed E-state index contributed by atoms with van der Waals surface area (Å²) in [5, 5.41) is 5.87. The van der Waals surface area contributed by atoms with Crippen LogP contribution in [0.25, 0.3) is 5.65 Å². The molecular formula is C20H27N5O2. The number of piperazine rings is 1. The Kier molecular flexibility index (Phi) is 5.38. The quantitative estimate of drug-likeness (QED) is 0.800. The van der Waals surface area contributed by atoms with Crippen molar-refractivity contribution < 1.29 is 9.59 Å². The van der Waals surface area contributed by atoms with E-state index in [1.807, 2.05) is 35.0 Å². The minimum atomic E-state index is -0.336. The van der Waals surface area contributed by atoms with Gasteiger partial charge in [0.15, 0.2) is 0 Å². The number of pyridine rings is 1. The molecule has 27 heavy (non-hydrogen) atoms. The average molecular weight is 369 g/mol. The number of amides is 2. The molecule has 7 nitrogen and oxygen atoms in total. The van der Waals surface area contributed by atoms with E-state index in [1.165, 1.54) is 12.8 Å². The van der Waals surface area contributed by atoms with Crippen LogP contribution in [0.2, 0.25) is 0 Å². The van der Waals surface area contributed by atoms with Crippen molar-refractivity contribution in [2.24, 2.45) is 0 Å². The van der Waals surface area contributed by atoms with Gasteiger partial charge in [0, 0.05) is 44.5 Å². The lowest BCUT2D eigenvalue weighted by Gasteiger charge is -2.38. The standard InChI is InChI=1S/C20H27N5O2/c26-19(21-9-8-15-14-24-11-4-3-7-18(24)23-15)13-17-20(27)22-10-12-25(17)16-5-1-2-6-16/h3-4,7,11,14,16-17H,1-2,5-6,8-10,12-13H2,(H,21,26)(H,22,27)/t17-/m0/s1. The van der Waals surface area contributed by atoms with Crippen molar-refractivity contribution >= 4 is 17.5 Å². The van der Waals surface area contributed by atoms with Crippen molar-refractivity contribution in [3.8, 4) is 0 Å². The molecule has 0 unspecified atom stereocenters. The molecule has 2 fully saturated rings. The Morgan fingerprint density at radius 1 is 1.30 bits per heavy atom. The smallest absolute Gasteiger partial charge is 0.237 e. The molecule has 2 aliphatic rings. The van der Waals surface area contributed by atoms with Crippen LogP contribution in [0.15, 0.2) is 30.6 Å². The van der Waals surface area contributed by atoms with Gasteiger partial charge in [-0.1, -0.05) is 18.9 Å². The molecule has 144 valence electrons. The van der Waals surface area contributed by atoms with Crippen LogP contribution >= 0.6 is 0 Å². The molecule has 2 aromatic heterocycles. The summed E-state index contributed by atoms with van der Waals surface area (Å²) in [5.74, 6) is -0.0764. The highest BCUT2D eigenvalue weighted by molar-refractivity contribution is 5.88. The number of nitrogens with one attached hydrogen (secondary N) is 2. The lowest BCUT2D eigenvalue weighted by Crippen LogP contribution is -2.59. The van der Waals surface area contributed by atoms with Crippen LogP contribution in [-0.4, -0.2) is 57.8 Å². The summed E-state index contributed by atoms with van der Waals surface area (Å²) in [6.45, 7) is 2.05. The minimum Gasteiger partial charge on any atom is -0.356 e. The highest BCUT2D eigenvalue weighted by atomic mass is 16.2. The molecule has 1 aliphatic carbocycles. The molecule has 1 atom stereocenters. The molecule has 0 spiro atoms. The normalized spacial score (nSPS) is 21.5. The van der Waals surface area contributed by atoms with Gasteiger partial charge in [0.1, 0.15) is 5.65 Å². The van der Waals surface area contributed by atoms with Gasteiger partial charge in [-0.05, 0) is 25.0 Å². The Bertz CT molecular complexity index is 779. The number of carbonyl (C=O) groups is 2. The summed E-state index contributed by atoms with van der Waals surface area (Å²) < 4.78 is 1.98. The molecule has 1 saturated carbocycles. The Labute approximate surface area is 159 Å². The van der Waals surface area contributed by atoms with E-state index in [2.05, 4.69) is 20.5 Å². The van der Waals surface area contributed by atoms with Crippen molar-refractivity contribution in [2.75, 3.05) is 19.6 Å². The highest BCUT2D eigenvalue weighted by Crippen LogP contribution is 2.26. The summed E-state index contributed by atoms with van der Waals surface area (Å²) in [6, 6.07) is 6.00. The van der Waals surface area contributed by atoms with Gasteiger partial charge in [-0.3, -0.25) is 14.5 Å².